The van der Waals surface area contributed by atoms with Crippen molar-refractivity contribution in [2.45, 2.75) is 77.4 Å². The van der Waals surface area contributed by atoms with Crippen molar-refractivity contribution in [1.82, 2.24) is 9.80 Å². The first-order valence-corrected chi connectivity index (χ1v) is 9.09. The zero-order valence-electron chi connectivity index (χ0n) is 14.7. The number of hydrogen-bond donors (Lipinski definition) is 1. The molecule has 0 spiro atoms. The topological polar surface area (TPSA) is 43.8 Å². The van der Waals surface area contributed by atoms with E-state index in [4.69, 9.17) is 0 Å². The fourth-order valence-corrected chi connectivity index (χ4v) is 4.01. The Morgan fingerprint density at radius 3 is 2.36 bits per heavy atom. The third-order valence-corrected chi connectivity index (χ3v) is 5.42. The Balaban J connectivity index is 1.85. The van der Waals surface area contributed by atoms with Crippen LogP contribution in [0.5, 0.6) is 0 Å². The van der Waals surface area contributed by atoms with E-state index >= 15 is 0 Å². The van der Waals surface area contributed by atoms with Crippen LogP contribution in [0.4, 0.5) is 0 Å². The SMILES string of the molecule is CC(=O)N1CCCCCC1C1CCN(CCC(C)(C)O)CC1. The summed E-state index contributed by atoms with van der Waals surface area (Å²) in [5, 5.41) is 9.86. The lowest BCUT2D eigenvalue weighted by molar-refractivity contribution is -0.132. The zero-order valence-corrected chi connectivity index (χ0v) is 14.7. The first-order valence-electron chi connectivity index (χ1n) is 9.09. The molecule has 0 aliphatic carbocycles. The van der Waals surface area contributed by atoms with Gasteiger partial charge in [-0.1, -0.05) is 12.8 Å². The van der Waals surface area contributed by atoms with Crippen molar-refractivity contribution in [2.24, 2.45) is 5.92 Å². The Morgan fingerprint density at radius 1 is 1.09 bits per heavy atom. The highest BCUT2D eigenvalue weighted by Gasteiger charge is 2.32. The molecule has 4 nitrogen and oxygen atoms in total. The third-order valence-electron chi connectivity index (χ3n) is 5.42. The van der Waals surface area contributed by atoms with Crippen molar-refractivity contribution >= 4 is 5.91 Å². The van der Waals surface area contributed by atoms with Gasteiger partial charge in [0.1, 0.15) is 0 Å². The quantitative estimate of drug-likeness (QED) is 0.868. The average Bonchev–Trinajstić information content (AvgIpc) is 2.70. The van der Waals surface area contributed by atoms with Gasteiger partial charge in [-0.15, -0.1) is 0 Å². The Labute approximate surface area is 135 Å². The monoisotopic (exact) mass is 310 g/mol. The number of carbonyl (C=O) groups excluding carboxylic acids is 1. The van der Waals surface area contributed by atoms with Crippen molar-refractivity contribution in [2.75, 3.05) is 26.2 Å². The average molecular weight is 310 g/mol. The van der Waals surface area contributed by atoms with Crippen LogP contribution in [0, 0.1) is 5.92 Å². The molecule has 0 aromatic heterocycles. The van der Waals surface area contributed by atoms with E-state index in [1.807, 2.05) is 13.8 Å². The summed E-state index contributed by atoms with van der Waals surface area (Å²) in [5.74, 6) is 0.928. The smallest absolute Gasteiger partial charge is 0.219 e. The van der Waals surface area contributed by atoms with E-state index in [0.29, 0.717) is 12.0 Å². The Bertz CT molecular complexity index is 357. The number of hydrogen-bond acceptors (Lipinski definition) is 3. The summed E-state index contributed by atoms with van der Waals surface area (Å²) in [4.78, 5) is 16.6. The minimum Gasteiger partial charge on any atom is -0.390 e. The molecule has 1 unspecified atom stereocenters. The van der Waals surface area contributed by atoms with E-state index in [0.717, 1.165) is 32.6 Å². The summed E-state index contributed by atoms with van der Waals surface area (Å²) in [6.45, 7) is 9.67. The summed E-state index contributed by atoms with van der Waals surface area (Å²) in [7, 11) is 0. The van der Waals surface area contributed by atoms with Crippen molar-refractivity contribution < 1.29 is 9.90 Å². The van der Waals surface area contributed by atoms with Crippen LogP contribution in [0.1, 0.15) is 65.7 Å². The molecular weight excluding hydrogens is 276 g/mol. The summed E-state index contributed by atoms with van der Waals surface area (Å²) in [6, 6.07) is 0.469. The number of nitrogens with zero attached hydrogens (tertiary/aromatic N) is 2. The van der Waals surface area contributed by atoms with Crippen molar-refractivity contribution in [1.29, 1.82) is 0 Å². The number of carbonyl (C=O) groups is 1. The lowest BCUT2D eigenvalue weighted by atomic mass is 9.86. The standard InChI is InChI=1S/C18H34N2O2/c1-15(21)20-11-6-4-5-7-17(20)16-8-12-19(13-9-16)14-10-18(2,3)22/h16-17,22H,4-14H2,1-3H3. The zero-order chi connectivity index (χ0) is 16.2. The van der Waals surface area contributed by atoms with Gasteiger partial charge in [-0.25, -0.2) is 0 Å². The number of amides is 1. The number of rotatable bonds is 4. The highest BCUT2D eigenvalue weighted by Crippen LogP contribution is 2.30. The normalized spacial score (nSPS) is 26.0. The first-order chi connectivity index (χ1) is 10.4. The third kappa shape index (κ3) is 5.24. The number of aliphatic hydroxyl groups is 1. The molecule has 2 rings (SSSR count). The molecule has 0 radical (unpaired) electrons. The predicted molar refractivity (Wildman–Crippen MR) is 89.7 cm³/mol. The molecule has 4 heteroatoms. The maximum Gasteiger partial charge on any atom is 0.219 e. The van der Waals surface area contributed by atoms with E-state index in [9.17, 15) is 9.90 Å². The van der Waals surface area contributed by atoms with Gasteiger partial charge in [0, 0.05) is 26.1 Å². The molecule has 2 fully saturated rings. The molecule has 0 bridgehead atoms. The molecule has 1 amide bonds. The van der Waals surface area contributed by atoms with Gasteiger partial charge in [-0.3, -0.25) is 4.79 Å². The van der Waals surface area contributed by atoms with E-state index in [1.165, 1.54) is 38.5 Å². The molecule has 2 saturated heterocycles. The van der Waals surface area contributed by atoms with Crippen LogP contribution in [0.25, 0.3) is 0 Å². The molecule has 1 atom stereocenters. The van der Waals surface area contributed by atoms with Crippen LogP contribution in [0.3, 0.4) is 0 Å². The van der Waals surface area contributed by atoms with Gasteiger partial charge >= 0.3 is 0 Å². The van der Waals surface area contributed by atoms with Gasteiger partial charge in [0.05, 0.1) is 5.60 Å². The lowest BCUT2D eigenvalue weighted by Gasteiger charge is -2.40. The second-order valence-corrected chi connectivity index (χ2v) is 7.87. The van der Waals surface area contributed by atoms with Gasteiger partial charge in [0.15, 0.2) is 0 Å². The summed E-state index contributed by atoms with van der Waals surface area (Å²) in [5.41, 5.74) is -0.566. The van der Waals surface area contributed by atoms with Crippen molar-refractivity contribution in [3.63, 3.8) is 0 Å². The molecule has 128 valence electrons. The largest absolute Gasteiger partial charge is 0.390 e. The van der Waals surface area contributed by atoms with Crippen LogP contribution in [-0.4, -0.2) is 58.6 Å². The molecule has 0 aromatic rings. The van der Waals surface area contributed by atoms with E-state index in [1.54, 1.807) is 6.92 Å². The summed E-state index contributed by atoms with van der Waals surface area (Å²) < 4.78 is 0. The van der Waals surface area contributed by atoms with Crippen LogP contribution in [0.15, 0.2) is 0 Å². The fourth-order valence-electron chi connectivity index (χ4n) is 4.01. The van der Waals surface area contributed by atoms with Crippen LogP contribution in [-0.2, 0) is 4.79 Å². The molecule has 2 aliphatic heterocycles. The molecule has 22 heavy (non-hydrogen) atoms. The fraction of sp³-hybridized carbons (Fsp3) is 0.944. The maximum atomic E-state index is 12.0. The molecular formula is C18H34N2O2. The predicted octanol–water partition coefficient (Wildman–Crippen LogP) is 2.65. The highest BCUT2D eigenvalue weighted by molar-refractivity contribution is 5.73. The number of likely N-dealkylation sites (tertiary alicyclic amines) is 2. The minimum atomic E-state index is -0.566. The first kappa shape index (κ1) is 17.7. The molecule has 2 aliphatic rings. The van der Waals surface area contributed by atoms with E-state index in [2.05, 4.69) is 9.80 Å². The molecule has 2 heterocycles. The van der Waals surface area contributed by atoms with Gasteiger partial charge in [0.25, 0.3) is 0 Å². The Kier molecular flexibility index (Phi) is 6.27. The molecule has 1 N–H and O–H groups in total. The van der Waals surface area contributed by atoms with Crippen LogP contribution in [0.2, 0.25) is 0 Å². The van der Waals surface area contributed by atoms with E-state index in [-0.39, 0.29) is 5.91 Å². The van der Waals surface area contributed by atoms with Gasteiger partial charge < -0.3 is 14.9 Å². The van der Waals surface area contributed by atoms with Crippen molar-refractivity contribution in [3.05, 3.63) is 0 Å². The summed E-state index contributed by atoms with van der Waals surface area (Å²) >= 11 is 0. The lowest BCUT2D eigenvalue weighted by Crippen LogP contribution is -2.47. The van der Waals surface area contributed by atoms with Gasteiger partial charge in [0.2, 0.25) is 5.91 Å². The second-order valence-electron chi connectivity index (χ2n) is 7.87. The number of piperidine rings is 1. The summed E-state index contributed by atoms with van der Waals surface area (Å²) in [6.07, 6.45) is 8.12. The van der Waals surface area contributed by atoms with Gasteiger partial charge in [-0.05, 0) is 65.0 Å². The molecule has 0 aromatic carbocycles. The van der Waals surface area contributed by atoms with Crippen LogP contribution >= 0.6 is 0 Å². The highest BCUT2D eigenvalue weighted by atomic mass is 16.3. The maximum absolute atomic E-state index is 12.0. The van der Waals surface area contributed by atoms with Crippen molar-refractivity contribution in [3.8, 4) is 0 Å². The second kappa shape index (κ2) is 7.78. The Hall–Kier alpha value is -0.610. The van der Waals surface area contributed by atoms with Crippen LogP contribution < -0.4 is 0 Å². The molecule has 0 saturated carbocycles. The Morgan fingerprint density at radius 2 is 1.77 bits per heavy atom. The minimum absolute atomic E-state index is 0.261. The van der Waals surface area contributed by atoms with Gasteiger partial charge in [-0.2, -0.15) is 0 Å². The van der Waals surface area contributed by atoms with E-state index < -0.39 is 5.60 Å².